The zero-order chi connectivity index (χ0) is 12.9. The van der Waals surface area contributed by atoms with Gasteiger partial charge in [-0.15, -0.1) is 0 Å². The number of benzene rings is 1. The third-order valence-electron chi connectivity index (χ3n) is 2.73. The van der Waals surface area contributed by atoms with E-state index in [0.717, 1.165) is 11.1 Å². The van der Waals surface area contributed by atoms with Gasteiger partial charge in [0.25, 0.3) is 0 Å². The average molecular weight is 245 g/mol. The lowest BCUT2D eigenvalue weighted by Gasteiger charge is -2.21. The summed E-state index contributed by atoms with van der Waals surface area (Å²) in [6.07, 6.45) is -4.75. The molecule has 0 aliphatic heterocycles. The Bertz CT molecular complexity index is 347. The van der Waals surface area contributed by atoms with Crippen molar-refractivity contribution in [3.63, 3.8) is 0 Å². The fourth-order valence-corrected chi connectivity index (χ4v) is 1.90. The molecule has 0 saturated heterocycles. The van der Waals surface area contributed by atoms with Gasteiger partial charge in [-0.3, -0.25) is 0 Å². The quantitative estimate of drug-likeness (QED) is 0.827. The number of hydrogen-bond acceptors (Lipinski definition) is 1. The summed E-state index contributed by atoms with van der Waals surface area (Å²) in [5.74, 6) is 0. The monoisotopic (exact) mass is 245 g/mol. The molecule has 0 aliphatic carbocycles. The molecule has 1 rings (SSSR count). The van der Waals surface area contributed by atoms with Crippen LogP contribution in [0.25, 0.3) is 0 Å². The van der Waals surface area contributed by atoms with Crippen LogP contribution in [0.15, 0.2) is 24.3 Å². The third kappa shape index (κ3) is 4.77. The maximum Gasteiger partial charge on any atom is 0.389 e. The lowest BCUT2D eigenvalue weighted by molar-refractivity contribution is -0.136. The summed E-state index contributed by atoms with van der Waals surface area (Å²) in [5, 5.41) is 3.11. The predicted octanol–water partition coefficient (Wildman–Crippen LogP) is 3.99. The standard InChI is InChI=1S/C13H18F3N/c1-3-17-12(8-9-13(14,15)16)11-7-5-4-6-10(11)2/h4-7,12,17H,3,8-9H2,1-2H3. The van der Waals surface area contributed by atoms with Crippen molar-refractivity contribution in [1.82, 2.24) is 5.32 Å². The zero-order valence-electron chi connectivity index (χ0n) is 10.1. The van der Waals surface area contributed by atoms with Crippen LogP contribution in [0.5, 0.6) is 0 Å². The average Bonchev–Trinajstić information content (AvgIpc) is 2.24. The number of nitrogens with one attached hydrogen (secondary N) is 1. The van der Waals surface area contributed by atoms with Crippen LogP contribution in [0.1, 0.15) is 36.9 Å². The summed E-state index contributed by atoms with van der Waals surface area (Å²) in [7, 11) is 0. The molecule has 1 aromatic rings. The first-order chi connectivity index (χ1) is 7.94. The number of hydrogen-bond donors (Lipinski definition) is 1. The van der Waals surface area contributed by atoms with Crippen LogP contribution in [0.4, 0.5) is 13.2 Å². The van der Waals surface area contributed by atoms with Gasteiger partial charge in [0.2, 0.25) is 0 Å². The van der Waals surface area contributed by atoms with Crippen LogP contribution < -0.4 is 5.32 Å². The first-order valence-electron chi connectivity index (χ1n) is 5.79. The Kier molecular flexibility index (Phi) is 5.00. The van der Waals surface area contributed by atoms with Gasteiger partial charge in [0.05, 0.1) is 0 Å². The van der Waals surface area contributed by atoms with Crippen molar-refractivity contribution in [3.05, 3.63) is 35.4 Å². The molecule has 0 fully saturated rings. The van der Waals surface area contributed by atoms with E-state index in [1.165, 1.54) is 0 Å². The van der Waals surface area contributed by atoms with E-state index in [-0.39, 0.29) is 12.5 Å². The highest BCUT2D eigenvalue weighted by Crippen LogP contribution is 2.28. The van der Waals surface area contributed by atoms with Crippen molar-refractivity contribution in [1.29, 1.82) is 0 Å². The van der Waals surface area contributed by atoms with E-state index in [1.54, 1.807) is 0 Å². The molecule has 17 heavy (non-hydrogen) atoms. The van der Waals surface area contributed by atoms with Gasteiger partial charge in [0, 0.05) is 12.5 Å². The van der Waals surface area contributed by atoms with Gasteiger partial charge in [-0.1, -0.05) is 31.2 Å². The second-order valence-corrected chi connectivity index (χ2v) is 4.12. The summed E-state index contributed by atoms with van der Waals surface area (Å²) in [6.45, 7) is 4.49. The Hall–Kier alpha value is -1.03. The van der Waals surface area contributed by atoms with Crippen molar-refractivity contribution in [2.45, 2.75) is 38.9 Å². The summed E-state index contributed by atoms with van der Waals surface area (Å²) in [6, 6.07) is 7.35. The molecule has 0 heterocycles. The van der Waals surface area contributed by atoms with E-state index >= 15 is 0 Å². The Morgan fingerprint density at radius 2 is 1.88 bits per heavy atom. The van der Waals surface area contributed by atoms with E-state index in [4.69, 9.17) is 0 Å². The van der Waals surface area contributed by atoms with Crippen molar-refractivity contribution < 1.29 is 13.2 Å². The van der Waals surface area contributed by atoms with Gasteiger partial charge < -0.3 is 5.32 Å². The van der Waals surface area contributed by atoms with E-state index in [1.807, 2.05) is 38.1 Å². The normalized spacial score (nSPS) is 13.7. The van der Waals surface area contributed by atoms with Crippen LogP contribution in [0.3, 0.4) is 0 Å². The molecule has 1 N–H and O–H groups in total. The van der Waals surface area contributed by atoms with Crippen molar-refractivity contribution in [2.24, 2.45) is 0 Å². The second-order valence-electron chi connectivity index (χ2n) is 4.12. The summed E-state index contributed by atoms with van der Waals surface area (Å²) in [5.41, 5.74) is 1.99. The molecule has 4 heteroatoms. The number of rotatable bonds is 5. The Morgan fingerprint density at radius 3 is 2.41 bits per heavy atom. The molecule has 0 saturated carbocycles. The molecule has 1 nitrogen and oxygen atoms in total. The fraction of sp³-hybridized carbons (Fsp3) is 0.538. The first kappa shape index (κ1) is 14.0. The number of halogens is 3. The van der Waals surface area contributed by atoms with Crippen molar-refractivity contribution in [2.75, 3.05) is 6.54 Å². The summed E-state index contributed by atoms with van der Waals surface area (Å²) >= 11 is 0. The fourth-order valence-electron chi connectivity index (χ4n) is 1.90. The van der Waals surface area contributed by atoms with Gasteiger partial charge in [-0.2, -0.15) is 13.2 Å². The molecule has 0 radical (unpaired) electrons. The first-order valence-corrected chi connectivity index (χ1v) is 5.79. The maximum atomic E-state index is 12.2. The van der Waals surface area contributed by atoms with Crippen LogP contribution in [-0.2, 0) is 0 Å². The number of aryl methyl sites for hydroxylation is 1. The van der Waals surface area contributed by atoms with E-state index in [0.29, 0.717) is 6.54 Å². The molecule has 96 valence electrons. The minimum absolute atomic E-state index is 0.0855. The van der Waals surface area contributed by atoms with Gasteiger partial charge in [0.15, 0.2) is 0 Å². The minimum atomic E-state index is -4.09. The van der Waals surface area contributed by atoms with E-state index < -0.39 is 12.6 Å². The third-order valence-corrected chi connectivity index (χ3v) is 2.73. The van der Waals surface area contributed by atoms with Crippen LogP contribution in [0, 0.1) is 6.92 Å². The van der Waals surface area contributed by atoms with Crippen molar-refractivity contribution in [3.8, 4) is 0 Å². The molecule has 1 atom stereocenters. The lowest BCUT2D eigenvalue weighted by atomic mass is 9.97. The van der Waals surface area contributed by atoms with Crippen LogP contribution >= 0.6 is 0 Å². The molecule has 0 spiro atoms. The van der Waals surface area contributed by atoms with Gasteiger partial charge in [0.1, 0.15) is 0 Å². The SMILES string of the molecule is CCNC(CCC(F)(F)F)c1ccccc1C. The zero-order valence-corrected chi connectivity index (χ0v) is 10.1. The molecule has 0 aromatic heterocycles. The molecule has 0 amide bonds. The van der Waals surface area contributed by atoms with Crippen LogP contribution in [0.2, 0.25) is 0 Å². The summed E-state index contributed by atoms with van der Waals surface area (Å²) < 4.78 is 36.7. The predicted molar refractivity (Wildman–Crippen MR) is 62.9 cm³/mol. The van der Waals surface area contributed by atoms with Gasteiger partial charge in [-0.05, 0) is 31.0 Å². The molecular formula is C13H18F3N. The highest BCUT2D eigenvalue weighted by Gasteiger charge is 2.28. The molecule has 1 unspecified atom stereocenters. The van der Waals surface area contributed by atoms with Crippen molar-refractivity contribution >= 4 is 0 Å². The molecule has 0 bridgehead atoms. The highest BCUT2D eigenvalue weighted by atomic mass is 19.4. The topological polar surface area (TPSA) is 12.0 Å². The highest BCUT2D eigenvalue weighted by molar-refractivity contribution is 5.28. The largest absolute Gasteiger partial charge is 0.389 e. The van der Waals surface area contributed by atoms with Crippen LogP contribution in [-0.4, -0.2) is 12.7 Å². The molecule has 0 aliphatic rings. The van der Waals surface area contributed by atoms with Gasteiger partial charge >= 0.3 is 6.18 Å². The maximum absolute atomic E-state index is 12.2. The van der Waals surface area contributed by atoms with Gasteiger partial charge in [-0.25, -0.2) is 0 Å². The Labute approximate surface area is 100 Å². The second kappa shape index (κ2) is 6.05. The summed E-state index contributed by atoms with van der Waals surface area (Å²) in [4.78, 5) is 0. The minimum Gasteiger partial charge on any atom is -0.310 e. The Morgan fingerprint density at radius 1 is 1.24 bits per heavy atom. The van der Waals surface area contributed by atoms with E-state index in [9.17, 15) is 13.2 Å². The van der Waals surface area contributed by atoms with E-state index in [2.05, 4.69) is 5.32 Å². The lowest BCUT2D eigenvalue weighted by Crippen LogP contribution is -2.23. The number of alkyl halides is 3. The smallest absolute Gasteiger partial charge is 0.310 e. The Balaban J connectivity index is 2.75. The molecule has 1 aromatic carbocycles. The molecular weight excluding hydrogens is 227 g/mol.